The Balaban J connectivity index is 1.45. The van der Waals surface area contributed by atoms with Gasteiger partial charge in [0, 0.05) is 9.65 Å². The Bertz CT molecular complexity index is 734. The lowest BCUT2D eigenvalue weighted by atomic mass is 9.45. The fourth-order valence-corrected chi connectivity index (χ4v) is 13.5. The molecule has 25 heavy (non-hydrogen) atoms. The molecule has 8 aliphatic carbocycles. The Hall–Kier alpha value is 0.1000. The van der Waals surface area contributed by atoms with E-state index in [1.165, 1.54) is 25.7 Å². The van der Waals surface area contributed by atoms with Crippen LogP contribution in [0.1, 0.15) is 25.7 Å². The van der Waals surface area contributed by atoms with Gasteiger partial charge in [-0.25, -0.2) is 0 Å². The van der Waals surface area contributed by atoms with Gasteiger partial charge in [0.1, 0.15) is 0 Å². The van der Waals surface area contributed by atoms with Crippen molar-refractivity contribution in [2.24, 2.45) is 70.0 Å². The summed E-state index contributed by atoms with van der Waals surface area (Å²) in [5.41, 5.74) is -0.824. The Labute approximate surface area is 163 Å². The highest BCUT2D eigenvalue weighted by Gasteiger charge is 3.03. The lowest BCUT2D eigenvalue weighted by Gasteiger charge is -2.54. The van der Waals surface area contributed by atoms with Crippen molar-refractivity contribution in [2.45, 2.75) is 35.3 Å². The molecule has 2 spiro atoms. The number of alkyl halides is 2. The Kier molecular flexibility index (Phi) is 2.08. The predicted octanol–water partition coefficient (Wildman–Crippen LogP) is 3.39. The van der Waals surface area contributed by atoms with Crippen molar-refractivity contribution >= 4 is 43.8 Å². The molecule has 0 unspecified atom stereocenters. The van der Waals surface area contributed by atoms with Crippen LogP contribution < -0.4 is 0 Å². The monoisotopic (exact) mass is 466 g/mol. The van der Waals surface area contributed by atoms with Gasteiger partial charge in [0.25, 0.3) is 0 Å². The third kappa shape index (κ3) is 0.954. The van der Waals surface area contributed by atoms with Crippen LogP contribution in [0.15, 0.2) is 0 Å². The second-order valence-electron chi connectivity index (χ2n) is 10.3. The molecular formula is C20H20Br2O3. The zero-order valence-corrected chi connectivity index (χ0v) is 16.9. The summed E-state index contributed by atoms with van der Waals surface area (Å²) in [5.74, 6) is 5.45. The van der Waals surface area contributed by atoms with Crippen LogP contribution in [0.4, 0.5) is 0 Å². The van der Waals surface area contributed by atoms with Crippen molar-refractivity contribution in [2.75, 3.05) is 0 Å². The number of rotatable bonds is 0. The van der Waals surface area contributed by atoms with E-state index in [-0.39, 0.29) is 11.9 Å². The van der Waals surface area contributed by atoms with E-state index in [4.69, 9.17) is 4.74 Å². The topological polar surface area (TPSA) is 43.4 Å². The number of hydrogen-bond acceptors (Lipinski definition) is 3. The van der Waals surface area contributed by atoms with Gasteiger partial charge in [0.2, 0.25) is 0 Å². The van der Waals surface area contributed by atoms with E-state index in [0.29, 0.717) is 68.8 Å². The van der Waals surface area contributed by atoms with Crippen LogP contribution in [0.2, 0.25) is 0 Å². The average molecular weight is 468 g/mol. The molecule has 1 heterocycles. The van der Waals surface area contributed by atoms with Gasteiger partial charge in [0.15, 0.2) is 0 Å². The number of carbonyl (C=O) groups excluding carboxylic acids is 2. The quantitative estimate of drug-likeness (QED) is 0.311. The number of esters is 2. The van der Waals surface area contributed by atoms with Gasteiger partial charge in [-0.3, -0.25) is 9.59 Å². The van der Waals surface area contributed by atoms with Gasteiger partial charge < -0.3 is 4.74 Å². The van der Waals surface area contributed by atoms with E-state index in [1.54, 1.807) is 0 Å². The fourth-order valence-electron chi connectivity index (χ4n) is 11.5. The number of hydrogen-bond donors (Lipinski definition) is 0. The molecular weight excluding hydrogens is 448 g/mol. The van der Waals surface area contributed by atoms with Crippen molar-refractivity contribution in [3.8, 4) is 0 Å². The van der Waals surface area contributed by atoms with Crippen molar-refractivity contribution < 1.29 is 14.3 Å². The molecule has 132 valence electrons. The van der Waals surface area contributed by atoms with Gasteiger partial charge in [-0.15, -0.1) is 0 Å². The summed E-state index contributed by atoms with van der Waals surface area (Å²) >= 11 is 7.93. The summed E-state index contributed by atoms with van der Waals surface area (Å²) in [7, 11) is 0. The minimum Gasteiger partial charge on any atom is -0.392 e. The van der Waals surface area contributed by atoms with Gasteiger partial charge in [-0.05, 0) is 84.9 Å². The first-order valence-electron chi connectivity index (χ1n) is 10.1. The molecule has 8 bridgehead atoms. The Morgan fingerprint density at radius 1 is 0.680 bits per heavy atom. The zero-order chi connectivity index (χ0) is 16.6. The summed E-state index contributed by atoms with van der Waals surface area (Å²) in [4.78, 5) is 27.8. The van der Waals surface area contributed by atoms with E-state index in [2.05, 4.69) is 31.9 Å². The Morgan fingerprint density at radius 3 is 1.56 bits per heavy atom. The van der Waals surface area contributed by atoms with Crippen LogP contribution in [0.25, 0.3) is 0 Å². The largest absolute Gasteiger partial charge is 0.392 e. The molecule has 0 radical (unpaired) electrons. The third-order valence-corrected chi connectivity index (χ3v) is 13.0. The molecule has 8 saturated carbocycles. The predicted molar refractivity (Wildman–Crippen MR) is 94.8 cm³/mol. The van der Waals surface area contributed by atoms with Crippen LogP contribution in [0.5, 0.6) is 0 Å². The van der Waals surface area contributed by atoms with E-state index in [0.717, 1.165) is 0 Å². The minimum atomic E-state index is -0.412. The second kappa shape index (κ2) is 3.68. The van der Waals surface area contributed by atoms with E-state index in [9.17, 15) is 9.59 Å². The maximum absolute atomic E-state index is 13.4. The molecule has 0 amide bonds. The summed E-state index contributed by atoms with van der Waals surface area (Å²) in [6, 6.07) is 0. The van der Waals surface area contributed by atoms with Crippen molar-refractivity contribution in [1.82, 2.24) is 0 Å². The smallest absolute Gasteiger partial charge is 0.321 e. The van der Waals surface area contributed by atoms with Crippen LogP contribution in [-0.4, -0.2) is 21.6 Å². The second-order valence-corrected chi connectivity index (χ2v) is 12.7. The number of ether oxygens (including phenoxy) is 1. The maximum atomic E-state index is 13.4. The van der Waals surface area contributed by atoms with Gasteiger partial charge in [-0.2, -0.15) is 0 Å². The molecule has 0 aromatic carbocycles. The van der Waals surface area contributed by atoms with Gasteiger partial charge in [0.05, 0.1) is 10.8 Å². The molecule has 5 heteroatoms. The first-order chi connectivity index (χ1) is 12.1. The van der Waals surface area contributed by atoms with Crippen LogP contribution in [0.3, 0.4) is 0 Å². The average Bonchev–Trinajstić information content (AvgIpc) is 3.35. The maximum Gasteiger partial charge on any atom is 0.321 e. The molecule has 9 aliphatic rings. The fraction of sp³-hybridized carbons (Fsp3) is 0.900. The summed E-state index contributed by atoms with van der Waals surface area (Å²) in [6.07, 6.45) is 4.93. The SMILES string of the molecule is O=C1OC(=O)[C@@]23[C@H]4[C@@H]5[C@@H]6[C@H]([C@@H]7[C@H](CC[C@H]7Br)[C@@H]62)[C@@]13[C@@H]5[C@@H]1CC[C@H](Br)[C@@H]14. The standard InChI is InChI=1S/C20H20Br2O3/c21-7-3-1-5-9(7)15-11-12-14-6-2-4-8(22)10(6)16(12)19(13(5)11)17(23)25-18(24)20(14,15)19/h5-16H,1-4H2/t5-,6+,7+,8-,9-,10-,11-,12+,13-,14+,15-,16+,19+,20+/m1/s1. The summed E-state index contributed by atoms with van der Waals surface area (Å²) in [5, 5.41) is 0. The highest BCUT2D eigenvalue weighted by molar-refractivity contribution is 9.09. The van der Waals surface area contributed by atoms with Crippen molar-refractivity contribution in [1.29, 1.82) is 0 Å². The molecule has 9 rings (SSSR count). The normalized spacial score (nSPS) is 75.0. The number of cyclic esters (lactones) is 2. The van der Waals surface area contributed by atoms with Gasteiger partial charge >= 0.3 is 11.9 Å². The summed E-state index contributed by atoms with van der Waals surface area (Å²) in [6.45, 7) is 0. The molecule has 0 aromatic rings. The molecule has 14 atom stereocenters. The van der Waals surface area contributed by atoms with Crippen molar-refractivity contribution in [3.05, 3.63) is 0 Å². The van der Waals surface area contributed by atoms with Gasteiger partial charge in [-0.1, -0.05) is 31.9 Å². The molecule has 3 nitrogen and oxygen atoms in total. The van der Waals surface area contributed by atoms with Crippen molar-refractivity contribution in [3.63, 3.8) is 0 Å². The first-order valence-corrected chi connectivity index (χ1v) is 12.0. The minimum absolute atomic E-state index is 0.0912. The molecule has 9 fully saturated rings. The molecule has 1 aliphatic heterocycles. The lowest BCUT2D eigenvalue weighted by molar-refractivity contribution is -0.163. The van der Waals surface area contributed by atoms with Crippen LogP contribution >= 0.6 is 31.9 Å². The molecule has 0 aromatic heterocycles. The molecule has 1 saturated heterocycles. The van der Waals surface area contributed by atoms with E-state index >= 15 is 0 Å². The lowest BCUT2D eigenvalue weighted by Crippen LogP contribution is -2.61. The van der Waals surface area contributed by atoms with E-state index < -0.39 is 10.8 Å². The highest BCUT2D eigenvalue weighted by Crippen LogP contribution is 2.99. The number of fused-ring (bicyclic) bond motifs is 2. The van der Waals surface area contributed by atoms with E-state index in [1.807, 2.05) is 0 Å². The highest BCUT2D eigenvalue weighted by atomic mass is 79.9. The number of halogens is 2. The number of carbonyl (C=O) groups is 2. The van der Waals surface area contributed by atoms with Crippen LogP contribution in [0, 0.1) is 70.0 Å². The Morgan fingerprint density at radius 2 is 1.12 bits per heavy atom. The third-order valence-electron chi connectivity index (χ3n) is 10.9. The molecule has 0 N–H and O–H groups in total. The van der Waals surface area contributed by atoms with Crippen LogP contribution in [-0.2, 0) is 14.3 Å². The first kappa shape index (κ1) is 14.1. The summed E-state index contributed by atoms with van der Waals surface area (Å²) < 4.78 is 5.54. The zero-order valence-electron chi connectivity index (χ0n) is 13.7.